The molecule has 1 amide bonds. The monoisotopic (exact) mass is 438 g/mol. The van der Waals surface area contributed by atoms with Gasteiger partial charge in [-0.05, 0) is 64.2 Å². The molecule has 0 heterocycles. The van der Waals surface area contributed by atoms with Crippen LogP contribution in [0.25, 0.3) is 6.08 Å². The van der Waals surface area contributed by atoms with Gasteiger partial charge < -0.3 is 9.64 Å². The fourth-order valence-electron chi connectivity index (χ4n) is 2.73. The number of hydrogen-bond donors (Lipinski definition) is 0. The number of benzene rings is 2. The van der Waals surface area contributed by atoms with Crippen LogP contribution in [0.2, 0.25) is 0 Å². The zero-order valence-corrected chi connectivity index (χ0v) is 17.9. The lowest BCUT2D eigenvalue weighted by molar-refractivity contribution is -0.124. The molecule has 0 bridgehead atoms. The van der Waals surface area contributed by atoms with Gasteiger partial charge in [0.2, 0.25) is 0 Å². The van der Waals surface area contributed by atoms with Gasteiger partial charge in [-0.15, -0.1) is 6.58 Å². The highest BCUT2D eigenvalue weighted by molar-refractivity contribution is 9.10. The van der Waals surface area contributed by atoms with E-state index in [0.29, 0.717) is 13.0 Å². The zero-order chi connectivity index (χ0) is 20.7. The molecule has 0 atom stereocenters. The SMILES string of the molecule is C=CCc1cc(/C=C(/C#N)C(=O)N(C)C)cc(Br)c1OCc1cccc(C)c1. The van der Waals surface area contributed by atoms with E-state index in [4.69, 9.17) is 4.74 Å². The van der Waals surface area contributed by atoms with Crippen molar-refractivity contribution in [3.05, 3.63) is 81.4 Å². The number of halogens is 1. The Kier molecular flexibility index (Phi) is 7.60. The van der Waals surface area contributed by atoms with Crippen molar-refractivity contribution in [2.24, 2.45) is 0 Å². The fraction of sp³-hybridized carbons (Fsp3) is 0.217. The van der Waals surface area contributed by atoms with Crippen LogP contribution in [-0.4, -0.2) is 24.9 Å². The summed E-state index contributed by atoms with van der Waals surface area (Å²) in [5.74, 6) is 0.402. The Bertz CT molecular complexity index is 956. The summed E-state index contributed by atoms with van der Waals surface area (Å²) in [6.07, 6.45) is 3.99. The van der Waals surface area contributed by atoms with Gasteiger partial charge in [0.15, 0.2) is 0 Å². The molecular formula is C23H23BrN2O2. The Morgan fingerprint density at radius 1 is 1.32 bits per heavy atom. The van der Waals surface area contributed by atoms with Crippen LogP contribution >= 0.6 is 15.9 Å². The highest BCUT2D eigenvalue weighted by atomic mass is 79.9. The lowest BCUT2D eigenvalue weighted by Gasteiger charge is -2.15. The molecular weight excluding hydrogens is 416 g/mol. The molecule has 0 aromatic heterocycles. The molecule has 0 fully saturated rings. The van der Waals surface area contributed by atoms with E-state index in [0.717, 1.165) is 26.9 Å². The highest BCUT2D eigenvalue weighted by Crippen LogP contribution is 2.33. The predicted octanol–water partition coefficient (Wildman–Crippen LogP) is 5.06. The van der Waals surface area contributed by atoms with Crippen LogP contribution in [0.5, 0.6) is 5.75 Å². The number of likely N-dealkylation sites (N-methyl/N-ethyl adjacent to an activating group) is 1. The number of nitriles is 1. The second-order valence-corrected chi connectivity index (χ2v) is 7.49. The molecule has 4 nitrogen and oxygen atoms in total. The number of carbonyl (C=O) groups is 1. The van der Waals surface area contributed by atoms with Crippen LogP contribution < -0.4 is 4.74 Å². The van der Waals surface area contributed by atoms with Gasteiger partial charge in [0, 0.05) is 14.1 Å². The first-order valence-electron chi connectivity index (χ1n) is 8.80. The normalized spacial score (nSPS) is 10.9. The number of ether oxygens (including phenoxy) is 1. The maximum absolute atomic E-state index is 12.1. The molecule has 0 spiro atoms. The molecule has 0 unspecified atom stereocenters. The van der Waals surface area contributed by atoms with E-state index in [2.05, 4.69) is 28.6 Å². The van der Waals surface area contributed by atoms with E-state index in [9.17, 15) is 10.1 Å². The van der Waals surface area contributed by atoms with E-state index in [1.807, 2.05) is 43.3 Å². The Labute approximate surface area is 174 Å². The summed E-state index contributed by atoms with van der Waals surface area (Å²) in [6, 6.07) is 13.9. The van der Waals surface area contributed by atoms with Gasteiger partial charge >= 0.3 is 0 Å². The summed E-state index contributed by atoms with van der Waals surface area (Å²) in [7, 11) is 3.24. The maximum atomic E-state index is 12.1. The highest BCUT2D eigenvalue weighted by Gasteiger charge is 2.14. The third-order valence-corrected chi connectivity index (χ3v) is 4.63. The molecule has 144 valence electrons. The second-order valence-electron chi connectivity index (χ2n) is 6.63. The van der Waals surface area contributed by atoms with E-state index in [1.165, 1.54) is 10.5 Å². The Morgan fingerprint density at radius 3 is 2.68 bits per heavy atom. The minimum atomic E-state index is -0.330. The molecule has 2 rings (SSSR count). The molecule has 28 heavy (non-hydrogen) atoms. The lowest BCUT2D eigenvalue weighted by Crippen LogP contribution is -2.22. The standard InChI is InChI=1S/C23H23BrN2O2/c1-5-7-19-11-18(12-20(14-25)23(27)26(3)4)13-21(24)22(19)28-15-17-9-6-8-16(2)10-17/h5-6,8-13H,1,7,15H2,2-4H3/b20-12-. The molecule has 0 radical (unpaired) electrons. The van der Waals surface area contributed by atoms with Crippen molar-refractivity contribution in [3.63, 3.8) is 0 Å². The molecule has 2 aromatic rings. The molecule has 5 heteroatoms. The Morgan fingerprint density at radius 2 is 2.07 bits per heavy atom. The number of allylic oxidation sites excluding steroid dienone is 1. The van der Waals surface area contributed by atoms with Gasteiger partial charge in [-0.25, -0.2) is 0 Å². The smallest absolute Gasteiger partial charge is 0.264 e. The number of carbonyl (C=O) groups excluding carboxylic acids is 1. The molecule has 0 aliphatic heterocycles. The van der Waals surface area contributed by atoms with Crippen molar-refractivity contribution < 1.29 is 9.53 Å². The third-order valence-electron chi connectivity index (χ3n) is 4.04. The quantitative estimate of drug-likeness (QED) is 0.344. The summed E-state index contributed by atoms with van der Waals surface area (Å²) < 4.78 is 6.84. The van der Waals surface area contributed by atoms with Crippen LogP contribution in [-0.2, 0) is 17.8 Å². The van der Waals surface area contributed by atoms with Crippen LogP contribution in [0.15, 0.2) is 59.1 Å². The van der Waals surface area contributed by atoms with E-state index < -0.39 is 0 Å². The van der Waals surface area contributed by atoms with Gasteiger partial charge in [0.1, 0.15) is 24.0 Å². The van der Waals surface area contributed by atoms with Crippen molar-refractivity contribution in [2.45, 2.75) is 20.0 Å². The minimum Gasteiger partial charge on any atom is -0.487 e. The van der Waals surface area contributed by atoms with Crippen LogP contribution in [0.3, 0.4) is 0 Å². The molecule has 0 N–H and O–H groups in total. The first kappa shape index (κ1) is 21.5. The number of amides is 1. The summed E-state index contributed by atoms with van der Waals surface area (Å²) in [5, 5.41) is 9.32. The largest absolute Gasteiger partial charge is 0.487 e. The first-order valence-corrected chi connectivity index (χ1v) is 9.60. The van der Waals surface area contributed by atoms with Gasteiger partial charge in [-0.1, -0.05) is 35.9 Å². The van der Waals surface area contributed by atoms with Gasteiger partial charge in [-0.3, -0.25) is 4.79 Å². The molecule has 0 aliphatic rings. The molecule has 0 aliphatic carbocycles. The van der Waals surface area contributed by atoms with Crippen molar-refractivity contribution >= 4 is 27.9 Å². The number of nitrogens with zero attached hydrogens (tertiary/aromatic N) is 2. The Hall–Kier alpha value is -2.84. The third kappa shape index (κ3) is 5.58. The van der Waals surface area contributed by atoms with Gasteiger partial charge in [-0.2, -0.15) is 5.26 Å². The summed E-state index contributed by atoms with van der Waals surface area (Å²) in [5.41, 5.74) is 4.02. The van der Waals surface area contributed by atoms with Gasteiger partial charge in [0.05, 0.1) is 4.47 Å². The van der Waals surface area contributed by atoms with Crippen molar-refractivity contribution in [2.75, 3.05) is 14.1 Å². The summed E-state index contributed by atoms with van der Waals surface area (Å²) in [4.78, 5) is 13.5. The van der Waals surface area contributed by atoms with E-state index >= 15 is 0 Å². The second kappa shape index (κ2) is 9.91. The zero-order valence-electron chi connectivity index (χ0n) is 16.3. The number of aryl methyl sites for hydroxylation is 1. The fourth-order valence-corrected chi connectivity index (χ4v) is 3.37. The van der Waals surface area contributed by atoms with E-state index in [1.54, 1.807) is 26.2 Å². The molecule has 2 aromatic carbocycles. The number of hydrogen-bond acceptors (Lipinski definition) is 3. The van der Waals surface area contributed by atoms with Crippen molar-refractivity contribution in [1.82, 2.24) is 4.90 Å². The summed E-state index contributed by atoms with van der Waals surface area (Å²) >= 11 is 3.57. The lowest BCUT2D eigenvalue weighted by atomic mass is 10.0. The Balaban J connectivity index is 2.36. The van der Waals surface area contributed by atoms with Gasteiger partial charge in [0.25, 0.3) is 5.91 Å². The number of rotatable bonds is 7. The van der Waals surface area contributed by atoms with Crippen LogP contribution in [0.1, 0.15) is 22.3 Å². The van der Waals surface area contributed by atoms with Crippen LogP contribution in [0.4, 0.5) is 0 Å². The average Bonchev–Trinajstić information content (AvgIpc) is 2.65. The topological polar surface area (TPSA) is 53.3 Å². The minimum absolute atomic E-state index is 0.0786. The van der Waals surface area contributed by atoms with Crippen LogP contribution in [0, 0.1) is 18.3 Å². The van der Waals surface area contributed by atoms with E-state index in [-0.39, 0.29) is 11.5 Å². The van der Waals surface area contributed by atoms with Crippen molar-refractivity contribution in [1.29, 1.82) is 5.26 Å². The maximum Gasteiger partial charge on any atom is 0.264 e. The van der Waals surface area contributed by atoms with Crippen molar-refractivity contribution in [3.8, 4) is 11.8 Å². The summed E-state index contributed by atoms with van der Waals surface area (Å²) in [6.45, 7) is 6.31. The molecule has 0 saturated heterocycles. The predicted molar refractivity (Wildman–Crippen MR) is 116 cm³/mol. The molecule has 0 saturated carbocycles. The average molecular weight is 439 g/mol. The first-order chi connectivity index (χ1) is 13.3.